The molecule has 0 saturated heterocycles. The number of nitrogens with two attached hydrogens (primary N) is 1. The van der Waals surface area contributed by atoms with Gasteiger partial charge in [-0.05, 0) is 25.3 Å². The van der Waals surface area contributed by atoms with Gasteiger partial charge in [-0.1, -0.05) is 29.8 Å². The van der Waals surface area contributed by atoms with Crippen molar-refractivity contribution in [3.05, 3.63) is 35.4 Å². The summed E-state index contributed by atoms with van der Waals surface area (Å²) in [4.78, 5) is 11.8. The Bertz CT molecular complexity index is 368. The van der Waals surface area contributed by atoms with Crippen molar-refractivity contribution < 1.29 is 9.53 Å². The summed E-state index contributed by atoms with van der Waals surface area (Å²) in [6, 6.07) is 7.12. The van der Waals surface area contributed by atoms with Gasteiger partial charge in [0.2, 0.25) is 5.91 Å². The molecule has 1 aromatic carbocycles. The molecule has 0 aromatic heterocycles. The van der Waals surface area contributed by atoms with Gasteiger partial charge in [0, 0.05) is 20.3 Å². The van der Waals surface area contributed by atoms with Crippen molar-refractivity contribution in [2.45, 2.75) is 25.8 Å². The predicted molar refractivity (Wildman–Crippen MR) is 79.5 cm³/mol. The van der Waals surface area contributed by atoms with E-state index in [9.17, 15) is 4.79 Å². The van der Waals surface area contributed by atoms with Crippen molar-refractivity contribution in [3.63, 3.8) is 0 Å². The quantitative estimate of drug-likeness (QED) is 0.753. The van der Waals surface area contributed by atoms with Gasteiger partial charge in [-0.3, -0.25) is 4.79 Å². The van der Waals surface area contributed by atoms with E-state index in [1.807, 2.05) is 31.2 Å². The van der Waals surface area contributed by atoms with Crippen molar-refractivity contribution in [1.29, 1.82) is 0 Å². The van der Waals surface area contributed by atoms with Crippen molar-refractivity contribution in [2.75, 3.05) is 20.3 Å². The van der Waals surface area contributed by atoms with E-state index in [4.69, 9.17) is 10.5 Å². The van der Waals surface area contributed by atoms with Crippen molar-refractivity contribution in [1.82, 2.24) is 5.32 Å². The average molecular weight is 287 g/mol. The maximum atomic E-state index is 11.8. The summed E-state index contributed by atoms with van der Waals surface area (Å²) in [7, 11) is 1.67. The lowest BCUT2D eigenvalue weighted by molar-refractivity contribution is -0.122. The minimum absolute atomic E-state index is 0. The first-order valence-corrected chi connectivity index (χ1v) is 6.24. The zero-order chi connectivity index (χ0) is 13.4. The number of methoxy groups -OCH3 is 1. The molecule has 5 heteroatoms. The van der Waals surface area contributed by atoms with Crippen LogP contribution in [0.25, 0.3) is 0 Å². The first-order valence-electron chi connectivity index (χ1n) is 6.24. The number of carbonyl (C=O) groups excluding carboxylic acids is 1. The summed E-state index contributed by atoms with van der Waals surface area (Å²) < 4.78 is 4.94. The van der Waals surface area contributed by atoms with E-state index in [1.165, 1.54) is 0 Å². The molecule has 0 aliphatic rings. The first kappa shape index (κ1) is 17.9. The lowest BCUT2D eigenvalue weighted by Gasteiger charge is -2.12. The Balaban J connectivity index is 0.00000324. The maximum Gasteiger partial charge on any atom is 0.241 e. The van der Waals surface area contributed by atoms with E-state index in [1.54, 1.807) is 7.11 Å². The van der Waals surface area contributed by atoms with E-state index in [-0.39, 0.29) is 18.3 Å². The second-order valence-electron chi connectivity index (χ2n) is 4.38. The Labute approximate surface area is 121 Å². The van der Waals surface area contributed by atoms with Crippen LogP contribution in [0.5, 0.6) is 0 Å². The molecular formula is C14H23ClN2O2. The molecule has 1 rings (SSSR count). The number of rotatable bonds is 7. The van der Waals surface area contributed by atoms with E-state index < -0.39 is 6.04 Å². The maximum absolute atomic E-state index is 11.8. The van der Waals surface area contributed by atoms with Crippen LogP contribution < -0.4 is 11.1 Å². The average Bonchev–Trinajstić information content (AvgIpc) is 2.38. The van der Waals surface area contributed by atoms with Crippen LogP contribution in [0.2, 0.25) is 0 Å². The molecule has 4 nitrogen and oxygen atoms in total. The summed E-state index contributed by atoms with van der Waals surface area (Å²) in [6.45, 7) is 3.37. The largest absolute Gasteiger partial charge is 0.385 e. The number of hydrogen-bond donors (Lipinski definition) is 2. The third-order valence-corrected chi connectivity index (χ3v) is 2.79. The Morgan fingerprint density at radius 1 is 1.32 bits per heavy atom. The third kappa shape index (κ3) is 6.57. The number of amides is 1. The van der Waals surface area contributed by atoms with Crippen LogP contribution in [0.15, 0.2) is 24.3 Å². The lowest BCUT2D eigenvalue weighted by atomic mass is 10.1. The molecule has 1 amide bonds. The molecule has 0 bridgehead atoms. The summed E-state index contributed by atoms with van der Waals surface area (Å²) in [5, 5.41) is 2.83. The summed E-state index contributed by atoms with van der Waals surface area (Å²) in [5.41, 5.74) is 7.89. The zero-order valence-electron chi connectivity index (χ0n) is 11.5. The standard InChI is InChI=1S/C14H22N2O2.ClH/c1-11-5-7-12(8-6-11)13(15)14(17)16-9-3-4-10-18-2;/h5-8,13H,3-4,9-10,15H2,1-2H3,(H,16,17);1H. The third-order valence-electron chi connectivity index (χ3n) is 2.79. The molecule has 0 aliphatic carbocycles. The normalized spacial score (nSPS) is 11.5. The zero-order valence-corrected chi connectivity index (χ0v) is 12.3. The van der Waals surface area contributed by atoms with Gasteiger partial charge in [-0.25, -0.2) is 0 Å². The van der Waals surface area contributed by atoms with Crippen LogP contribution >= 0.6 is 12.4 Å². The number of unbranched alkanes of at least 4 members (excludes halogenated alkanes) is 1. The van der Waals surface area contributed by atoms with Gasteiger partial charge in [0.05, 0.1) is 0 Å². The Kier molecular flexibility index (Phi) is 9.21. The Morgan fingerprint density at radius 3 is 2.53 bits per heavy atom. The monoisotopic (exact) mass is 286 g/mol. The highest BCUT2D eigenvalue weighted by Gasteiger charge is 2.14. The van der Waals surface area contributed by atoms with Gasteiger partial charge in [0.15, 0.2) is 0 Å². The Hall–Kier alpha value is -1.10. The second kappa shape index (κ2) is 9.78. The highest BCUT2D eigenvalue weighted by Crippen LogP contribution is 2.11. The number of ether oxygens (including phenoxy) is 1. The lowest BCUT2D eigenvalue weighted by Crippen LogP contribution is -2.34. The highest BCUT2D eigenvalue weighted by atomic mass is 35.5. The molecule has 0 radical (unpaired) electrons. The van der Waals surface area contributed by atoms with Crippen LogP contribution in [0.3, 0.4) is 0 Å². The SMILES string of the molecule is COCCCCNC(=O)C(N)c1ccc(C)cc1.Cl. The number of aryl methyl sites for hydroxylation is 1. The molecule has 0 aliphatic heterocycles. The number of carbonyl (C=O) groups is 1. The fourth-order valence-electron chi connectivity index (χ4n) is 1.62. The summed E-state index contributed by atoms with van der Waals surface area (Å²) in [5.74, 6) is -0.128. The summed E-state index contributed by atoms with van der Waals surface area (Å²) in [6.07, 6.45) is 1.84. The van der Waals surface area contributed by atoms with E-state index in [2.05, 4.69) is 5.32 Å². The van der Waals surface area contributed by atoms with Crippen molar-refractivity contribution in [2.24, 2.45) is 5.73 Å². The second-order valence-corrected chi connectivity index (χ2v) is 4.38. The van der Waals surface area contributed by atoms with Crippen LogP contribution in [-0.2, 0) is 9.53 Å². The molecule has 108 valence electrons. The molecule has 1 atom stereocenters. The van der Waals surface area contributed by atoms with Crippen LogP contribution in [0, 0.1) is 6.92 Å². The molecule has 0 saturated carbocycles. The molecule has 0 heterocycles. The van der Waals surface area contributed by atoms with Gasteiger partial charge < -0.3 is 15.8 Å². The van der Waals surface area contributed by atoms with E-state index in [0.29, 0.717) is 6.54 Å². The van der Waals surface area contributed by atoms with Gasteiger partial charge in [-0.2, -0.15) is 0 Å². The van der Waals surface area contributed by atoms with E-state index in [0.717, 1.165) is 30.6 Å². The predicted octanol–water partition coefficient (Wildman–Crippen LogP) is 1.96. The molecule has 3 N–H and O–H groups in total. The number of halogens is 1. The molecule has 0 fully saturated rings. The summed E-state index contributed by atoms with van der Waals surface area (Å²) >= 11 is 0. The fourth-order valence-corrected chi connectivity index (χ4v) is 1.62. The number of nitrogens with one attached hydrogen (secondary N) is 1. The fraction of sp³-hybridized carbons (Fsp3) is 0.500. The van der Waals surface area contributed by atoms with Gasteiger partial charge >= 0.3 is 0 Å². The van der Waals surface area contributed by atoms with Crippen molar-refractivity contribution >= 4 is 18.3 Å². The topological polar surface area (TPSA) is 64.3 Å². The van der Waals surface area contributed by atoms with Crippen LogP contribution in [0.1, 0.15) is 30.0 Å². The number of benzene rings is 1. The molecule has 1 unspecified atom stereocenters. The minimum Gasteiger partial charge on any atom is -0.385 e. The van der Waals surface area contributed by atoms with Crippen LogP contribution in [0.4, 0.5) is 0 Å². The van der Waals surface area contributed by atoms with Gasteiger partial charge in [0.25, 0.3) is 0 Å². The molecule has 19 heavy (non-hydrogen) atoms. The molecule has 1 aromatic rings. The number of hydrogen-bond acceptors (Lipinski definition) is 3. The van der Waals surface area contributed by atoms with Gasteiger partial charge in [0.1, 0.15) is 6.04 Å². The minimum atomic E-state index is -0.590. The van der Waals surface area contributed by atoms with Crippen LogP contribution in [-0.4, -0.2) is 26.2 Å². The molecular weight excluding hydrogens is 264 g/mol. The Morgan fingerprint density at radius 2 is 1.95 bits per heavy atom. The van der Waals surface area contributed by atoms with Gasteiger partial charge in [-0.15, -0.1) is 12.4 Å². The first-order chi connectivity index (χ1) is 8.65. The van der Waals surface area contributed by atoms with E-state index >= 15 is 0 Å². The molecule has 0 spiro atoms. The smallest absolute Gasteiger partial charge is 0.241 e. The van der Waals surface area contributed by atoms with Crippen molar-refractivity contribution in [3.8, 4) is 0 Å². The highest BCUT2D eigenvalue weighted by molar-refractivity contribution is 5.85.